The molecule has 4 atom stereocenters. The van der Waals surface area contributed by atoms with E-state index in [-0.39, 0.29) is 11.3 Å². The number of benzene rings is 1. The van der Waals surface area contributed by atoms with Gasteiger partial charge in [0.2, 0.25) is 0 Å². The van der Waals surface area contributed by atoms with Gasteiger partial charge >= 0.3 is 5.97 Å². The van der Waals surface area contributed by atoms with Crippen molar-refractivity contribution >= 4 is 5.97 Å². The molecule has 5 nitrogen and oxygen atoms in total. The van der Waals surface area contributed by atoms with Gasteiger partial charge in [-0.3, -0.25) is 9.69 Å². The Balaban J connectivity index is 1.60. The minimum atomic E-state index is -0.751. The van der Waals surface area contributed by atoms with Crippen molar-refractivity contribution in [1.29, 1.82) is 0 Å². The zero-order chi connectivity index (χ0) is 21.5. The number of carbonyl (C=O) groups is 1. The molecule has 0 radical (unpaired) electrons. The van der Waals surface area contributed by atoms with Gasteiger partial charge in [0, 0.05) is 18.0 Å². The monoisotopic (exact) mass is 414 g/mol. The highest BCUT2D eigenvalue weighted by atomic mass is 16.5. The fourth-order valence-electron chi connectivity index (χ4n) is 6.06. The van der Waals surface area contributed by atoms with Crippen molar-refractivity contribution in [2.45, 2.75) is 70.4 Å². The van der Waals surface area contributed by atoms with Crippen LogP contribution in [0.15, 0.2) is 18.2 Å². The Kier molecular flexibility index (Phi) is 6.13. The van der Waals surface area contributed by atoms with Gasteiger partial charge in [0.1, 0.15) is 11.8 Å². The lowest BCUT2D eigenvalue weighted by atomic mass is 9.56. The zero-order valence-corrected chi connectivity index (χ0v) is 19.0. The van der Waals surface area contributed by atoms with Crippen LogP contribution in [0.1, 0.15) is 57.6 Å². The van der Waals surface area contributed by atoms with E-state index in [0.717, 1.165) is 44.0 Å². The second kappa shape index (κ2) is 8.51. The van der Waals surface area contributed by atoms with Gasteiger partial charge in [-0.15, -0.1) is 0 Å². The number of ether oxygens (including phenoxy) is 1. The average molecular weight is 415 g/mol. The van der Waals surface area contributed by atoms with E-state index in [1.165, 1.54) is 30.5 Å². The summed E-state index contributed by atoms with van der Waals surface area (Å²) in [4.78, 5) is 14.4. The SMILES string of the molecule is COc1ccc2c(c1)[C@@]1(CCN[C@H](C(=O)O)C(C)C)CCN(CC3CC3)[C@@H](C2)[C@H]1C. The first-order chi connectivity index (χ1) is 14.4. The van der Waals surface area contributed by atoms with E-state index in [9.17, 15) is 9.90 Å². The smallest absolute Gasteiger partial charge is 0.320 e. The van der Waals surface area contributed by atoms with Crippen molar-refractivity contribution in [2.75, 3.05) is 26.7 Å². The third-order valence-electron chi connectivity index (χ3n) is 8.10. The topological polar surface area (TPSA) is 61.8 Å². The number of likely N-dealkylation sites (tertiary alicyclic amines) is 1. The van der Waals surface area contributed by atoms with Crippen molar-refractivity contribution in [3.8, 4) is 5.75 Å². The van der Waals surface area contributed by atoms with E-state index in [4.69, 9.17) is 4.74 Å². The maximum atomic E-state index is 11.6. The maximum Gasteiger partial charge on any atom is 0.320 e. The van der Waals surface area contributed by atoms with Crippen molar-refractivity contribution in [2.24, 2.45) is 17.8 Å². The van der Waals surface area contributed by atoms with Crippen LogP contribution in [0.3, 0.4) is 0 Å². The van der Waals surface area contributed by atoms with Crippen LogP contribution in [-0.2, 0) is 16.6 Å². The van der Waals surface area contributed by atoms with Crippen molar-refractivity contribution < 1.29 is 14.6 Å². The Morgan fingerprint density at radius 2 is 2.13 bits per heavy atom. The van der Waals surface area contributed by atoms with Crippen molar-refractivity contribution in [1.82, 2.24) is 10.2 Å². The van der Waals surface area contributed by atoms with E-state index in [1.54, 1.807) is 7.11 Å². The van der Waals surface area contributed by atoms with E-state index >= 15 is 0 Å². The van der Waals surface area contributed by atoms with Crippen LogP contribution in [0.4, 0.5) is 0 Å². The molecule has 30 heavy (non-hydrogen) atoms. The average Bonchev–Trinajstić information content (AvgIpc) is 3.52. The standard InChI is InChI=1S/C25H38N2O3/c1-16(2)23(24(28)29)26-11-9-25-10-12-27(15-18-5-6-18)22(17(25)3)13-19-7-8-20(30-4)14-21(19)25/h7-8,14,16-18,22-23,26H,5-6,9-13,15H2,1-4H3,(H,28,29)/t17-,22+,23+,25+/m1/s1. The lowest BCUT2D eigenvalue weighted by Crippen LogP contribution is -2.60. The number of rotatable bonds is 9. The molecule has 0 aromatic heterocycles. The molecule has 3 aliphatic rings. The third kappa shape index (κ3) is 3.99. The predicted molar refractivity (Wildman–Crippen MR) is 119 cm³/mol. The number of nitrogens with zero attached hydrogens (tertiary/aromatic N) is 1. The first-order valence-electron chi connectivity index (χ1n) is 11.7. The largest absolute Gasteiger partial charge is 0.497 e. The van der Waals surface area contributed by atoms with Gasteiger partial charge in [0.15, 0.2) is 0 Å². The van der Waals surface area contributed by atoms with E-state index in [2.05, 4.69) is 35.3 Å². The number of aliphatic carboxylic acids is 1. The maximum absolute atomic E-state index is 11.6. The van der Waals surface area contributed by atoms with E-state index in [0.29, 0.717) is 12.0 Å². The summed E-state index contributed by atoms with van der Waals surface area (Å²) in [6, 6.07) is 6.72. The van der Waals surface area contributed by atoms with Gasteiger partial charge in [0.05, 0.1) is 7.11 Å². The summed E-state index contributed by atoms with van der Waals surface area (Å²) in [5.74, 6) is 1.71. The number of hydrogen-bond acceptors (Lipinski definition) is 4. The summed E-state index contributed by atoms with van der Waals surface area (Å²) in [6.45, 7) is 9.51. The molecule has 0 unspecified atom stereocenters. The molecule has 1 heterocycles. The first-order valence-corrected chi connectivity index (χ1v) is 11.7. The lowest BCUT2D eigenvalue weighted by molar-refractivity contribution is -0.140. The molecule has 1 aliphatic heterocycles. The molecule has 0 spiro atoms. The third-order valence-corrected chi connectivity index (χ3v) is 8.10. The van der Waals surface area contributed by atoms with E-state index in [1.807, 2.05) is 13.8 Å². The fraction of sp³-hybridized carbons (Fsp3) is 0.720. The van der Waals surface area contributed by atoms with Crippen LogP contribution in [0, 0.1) is 17.8 Å². The second-order valence-corrected chi connectivity index (χ2v) is 10.2. The van der Waals surface area contributed by atoms with Crippen molar-refractivity contribution in [3.05, 3.63) is 29.3 Å². The van der Waals surface area contributed by atoms with Gasteiger partial charge in [-0.1, -0.05) is 26.8 Å². The fourth-order valence-corrected chi connectivity index (χ4v) is 6.06. The lowest BCUT2D eigenvalue weighted by Gasteiger charge is -2.56. The predicted octanol–water partition coefficient (Wildman–Crippen LogP) is 3.70. The number of hydrogen-bond donors (Lipinski definition) is 2. The molecule has 2 bridgehead atoms. The summed E-state index contributed by atoms with van der Waals surface area (Å²) in [5, 5.41) is 12.9. The first kappa shape index (κ1) is 21.6. The Bertz CT molecular complexity index is 776. The minimum absolute atomic E-state index is 0.0734. The zero-order valence-electron chi connectivity index (χ0n) is 19.0. The highest BCUT2D eigenvalue weighted by Crippen LogP contribution is 2.52. The van der Waals surface area contributed by atoms with Gasteiger partial charge in [-0.25, -0.2) is 0 Å². The Morgan fingerprint density at radius 1 is 1.37 bits per heavy atom. The number of methoxy groups -OCH3 is 1. The molecule has 5 heteroatoms. The molecule has 166 valence electrons. The Morgan fingerprint density at radius 3 is 2.77 bits per heavy atom. The molecule has 0 amide bonds. The highest BCUT2D eigenvalue weighted by Gasteiger charge is 2.51. The molecule has 1 saturated heterocycles. The normalized spacial score (nSPS) is 29.5. The molecule has 1 aromatic carbocycles. The quantitative estimate of drug-likeness (QED) is 0.645. The molecule has 1 saturated carbocycles. The van der Waals surface area contributed by atoms with Crippen LogP contribution in [0.2, 0.25) is 0 Å². The van der Waals surface area contributed by atoms with E-state index < -0.39 is 12.0 Å². The summed E-state index contributed by atoms with van der Waals surface area (Å²) in [7, 11) is 1.74. The molecule has 2 aliphatic carbocycles. The summed E-state index contributed by atoms with van der Waals surface area (Å²) in [5.41, 5.74) is 2.98. The van der Waals surface area contributed by atoms with Crippen LogP contribution in [0.25, 0.3) is 0 Å². The van der Waals surface area contributed by atoms with Crippen LogP contribution in [0.5, 0.6) is 5.75 Å². The van der Waals surface area contributed by atoms with Gasteiger partial charge in [-0.2, -0.15) is 0 Å². The summed E-state index contributed by atoms with van der Waals surface area (Å²) >= 11 is 0. The Hall–Kier alpha value is -1.59. The van der Waals surface area contributed by atoms with Crippen LogP contribution < -0.4 is 10.1 Å². The molecular weight excluding hydrogens is 376 g/mol. The molecule has 2 fully saturated rings. The van der Waals surface area contributed by atoms with Crippen molar-refractivity contribution in [3.63, 3.8) is 0 Å². The number of piperidine rings is 1. The molecule has 1 aromatic rings. The molecular formula is C25H38N2O3. The van der Waals surface area contributed by atoms with Crippen LogP contribution in [-0.4, -0.2) is 54.8 Å². The van der Waals surface area contributed by atoms with Gasteiger partial charge in [-0.05, 0) is 86.2 Å². The number of carboxylic acid groups (broad SMARTS) is 1. The minimum Gasteiger partial charge on any atom is -0.497 e. The Labute approximate surface area is 181 Å². The number of fused-ring (bicyclic) bond motifs is 4. The highest BCUT2D eigenvalue weighted by molar-refractivity contribution is 5.73. The number of carboxylic acids is 1. The second-order valence-electron chi connectivity index (χ2n) is 10.2. The molecule has 4 rings (SSSR count). The summed E-state index contributed by atoms with van der Waals surface area (Å²) in [6.07, 6.45) is 6.02. The molecule has 2 N–H and O–H groups in total. The summed E-state index contributed by atoms with van der Waals surface area (Å²) < 4.78 is 5.58. The van der Waals surface area contributed by atoms with Gasteiger partial charge in [0.25, 0.3) is 0 Å². The van der Waals surface area contributed by atoms with Crippen LogP contribution >= 0.6 is 0 Å². The van der Waals surface area contributed by atoms with Gasteiger partial charge < -0.3 is 15.2 Å². The number of nitrogens with one attached hydrogen (secondary N) is 1.